The van der Waals surface area contributed by atoms with Crippen molar-refractivity contribution in [1.29, 1.82) is 0 Å². The van der Waals surface area contributed by atoms with Crippen LogP contribution in [-0.4, -0.2) is 42.2 Å². The van der Waals surface area contributed by atoms with E-state index in [4.69, 9.17) is 0 Å². The Morgan fingerprint density at radius 2 is 2.10 bits per heavy atom. The van der Waals surface area contributed by atoms with Crippen molar-refractivity contribution in [1.82, 2.24) is 10.2 Å². The lowest BCUT2D eigenvalue weighted by Gasteiger charge is -2.24. The number of rotatable bonds is 6. The van der Waals surface area contributed by atoms with Gasteiger partial charge in [0.05, 0.1) is 6.04 Å². The fraction of sp³-hybridized carbons (Fsp3) is 0.562. The lowest BCUT2D eigenvalue weighted by atomic mass is 10.0. The van der Waals surface area contributed by atoms with Gasteiger partial charge in [0, 0.05) is 36.2 Å². The molecule has 0 fully saturated rings. The highest BCUT2D eigenvalue weighted by atomic mass is 32.2. The molecule has 110 valence electrons. The van der Waals surface area contributed by atoms with Crippen molar-refractivity contribution in [3.8, 4) is 0 Å². The molecule has 0 saturated heterocycles. The first-order valence-corrected chi connectivity index (χ1v) is 8.39. The second-order valence-electron chi connectivity index (χ2n) is 5.19. The summed E-state index contributed by atoms with van der Waals surface area (Å²) in [5, 5.41) is 3.41. The molecule has 0 radical (unpaired) electrons. The molecule has 1 aliphatic heterocycles. The predicted octanol–water partition coefficient (Wildman–Crippen LogP) is 2.72. The molecular formula is C16H24N2OS. The number of benzene rings is 1. The Hall–Kier alpha value is -1.00. The van der Waals surface area contributed by atoms with E-state index < -0.39 is 0 Å². The number of hydrogen-bond donors (Lipinski definition) is 1. The molecule has 0 bridgehead atoms. The van der Waals surface area contributed by atoms with Gasteiger partial charge in [-0.05, 0) is 32.4 Å². The van der Waals surface area contributed by atoms with Gasteiger partial charge in [0.2, 0.25) is 5.91 Å². The first-order chi connectivity index (χ1) is 9.67. The Kier molecular flexibility index (Phi) is 5.49. The predicted molar refractivity (Wildman–Crippen MR) is 85.3 cm³/mol. The third-order valence-electron chi connectivity index (χ3n) is 3.91. The Morgan fingerprint density at radius 3 is 2.80 bits per heavy atom. The topological polar surface area (TPSA) is 32.3 Å². The van der Waals surface area contributed by atoms with Crippen molar-refractivity contribution in [2.75, 3.05) is 25.4 Å². The Bertz CT molecular complexity index is 460. The monoisotopic (exact) mass is 292 g/mol. The van der Waals surface area contributed by atoms with Gasteiger partial charge in [-0.15, -0.1) is 11.8 Å². The van der Waals surface area contributed by atoms with Crippen LogP contribution in [0.5, 0.6) is 0 Å². The van der Waals surface area contributed by atoms with Gasteiger partial charge in [-0.1, -0.05) is 18.2 Å². The second-order valence-corrected chi connectivity index (χ2v) is 6.25. The third-order valence-corrected chi connectivity index (χ3v) is 5.17. The van der Waals surface area contributed by atoms with Crippen molar-refractivity contribution in [3.05, 3.63) is 29.8 Å². The van der Waals surface area contributed by atoms with Crippen molar-refractivity contribution in [2.45, 2.75) is 37.6 Å². The van der Waals surface area contributed by atoms with E-state index in [0.29, 0.717) is 5.92 Å². The van der Waals surface area contributed by atoms with Crippen molar-refractivity contribution >= 4 is 17.7 Å². The number of thioether (sulfide) groups is 1. The first kappa shape index (κ1) is 15.4. The molecule has 0 spiro atoms. The summed E-state index contributed by atoms with van der Waals surface area (Å²) < 4.78 is 0. The number of carbonyl (C=O) groups excluding carboxylic acids is 1. The molecule has 0 aromatic heterocycles. The normalized spacial score (nSPS) is 18.6. The van der Waals surface area contributed by atoms with E-state index in [9.17, 15) is 4.79 Å². The van der Waals surface area contributed by atoms with E-state index in [1.807, 2.05) is 37.4 Å². The lowest BCUT2D eigenvalue weighted by Crippen LogP contribution is -2.45. The van der Waals surface area contributed by atoms with Gasteiger partial charge in [0.25, 0.3) is 0 Å². The van der Waals surface area contributed by atoms with Crippen LogP contribution in [-0.2, 0) is 4.79 Å². The zero-order valence-corrected chi connectivity index (χ0v) is 13.4. The van der Waals surface area contributed by atoms with Crippen LogP contribution in [0.15, 0.2) is 29.2 Å². The van der Waals surface area contributed by atoms with Crippen LogP contribution in [0.25, 0.3) is 0 Å². The molecule has 0 saturated carbocycles. The summed E-state index contributed by atoms with van der Waals surface area (Å²) in [7, 11) is 0. The Balaban J connectivity index is 1.89. The molecule has 1 aromatic rings. The molecule has 2 atom stereocenters. The lowest BCUT2D eigenvalue weighted by molar-refractivity contribution is -0.132. The number of hydrogen-bond acceptors (Lipinski definition) is 3. The number of amides is 1. The standard InChI is InChI=1S/C16H24N2OS/c1-4-18(5-2)16(19)12(3)17-10-13-11-20-15-9-7-6-8-14(13)15/h6-9,12-13,17H,4-5,10-11H2,1-3H3. The van der Waals surface area contributed by atoms with E-state index in [1.165, 1.54) is 10.5 Å². The number of nitrogens with one attached hydrogen (secondary N) is 1. The molecule has 2 unspecified atom stereocenters. The molecule has 1 amide bonds. The molecule has 0 aliphatic carbocycles. The quantitative estimate of drug-likeness (QED) is 0.875. The van der Waals surface area contributed by atoms with Gasteiger partial charge in [0.15, 0.2) is 0 Å². The van der Waals surface area contributed by atoms with E-state index in [2.05, 4.69) is 29.6 Å². The molecule has 3 nitrogen and oxygen atoms in total. The van der Waals surface area contributed by atoms with Gasteiger partial charge in [-0.3, -0.25) is 4.79 Å². The van der Waals surface area contributed by atoms with Gasteiger partial charge in [-0.25, -0.2) is 0 Å². The Morgan fingerprint density at radius 1 is 1.40 bits per heavy atom. The van der Waals surface area contributed by atoms with Crippen molar-refractivity contribution in [2.24, 2.45) is 0 Å². The molecular weight excluding hydrogens is 268 g/mol. The van der Waals surface area contributed by atoms with Crippen molar-refractivity contribution in [3.63, 3.8) is 0 Å². The SMILES string of the molecule is CCN(CC)C(=O)C(C)NCC1CSc2ccccc21. The highest BCUT2D eigenvalue weighted by Crippen LogP contribution is 2.38. The minimum absolute atomic E-state index is 0.104. The van der Waals surface area contributed by atoms with Crippen LogP contribution in [0.4, 0.5) is 0 Å². The summed E-state index contributed by atoms with van der Waals surface area (Å²) in [4.78, 5) is 15.5. The van der Waals surface area contributed by atoms with Gasteiger partial charge in [-0.2, -0.15) is 0 Å². The summed E-state index contributed by atoms with van der Waals surface area (Å²) in [5.74, 6) is 1.83. The van der Waals surface area contributed by atoms with Crippen LogP contribution in [0, 0.1) is 0 Å². The van der Waals surface area contributed by atoms with Crippen LogP contribution >= 0.6 is 11.8 Å². The summed E-state index contributed by atoms with van der Waals surface area (Å²) >= 11 is 1.92. The van der Waals surface area contributed by atoms with E-state index in [-0.39, 0.29) is 11.9 Å². The smallest absolute Gasteiger partial charge is 0.239 e. The highest BCUT2D eigenvalue weighted by Gasteiger charge is 2.24. The summed E-state index contributed by atoms with van der Waals surface area (Å²) in [6.45, 7) is 8.45. The zero-order valence-electron chi connectivity index (χ0n) is 12.6. The van der Waals surface area contributed by atoms with E-state index >= 15 is 0 Å². The zero-order chi connectivity index (χ0) is 14.5. The largest absolute Gasteiger partial charge is 0.342 e. The average Bonchev–Trinajstić information content (AvgIpc) is 2.89. The van der Waals surface area contributed by atoms with Gasteiger partial charge in [0.1, 0.15) is 0 Å². The van der Waals surface area contributed by atoms with Crippen LogP contribution in [0.1, 0.15) is 32.3 Å². The number of likely N-dealkylation sites (N-methyl/N-ethyl adjacent to an activating group) is 1. The van der Waals surface area contributed by atoms with E-state index in [0.717, 1.165) is 25.4 Å². The minimum Gasteiger partial charge on any atom is -0.342 e. The maximum atomic E-state index is 12.2. The molecule has 20 heavy (non-hydrogen) atoms. The van der Waals surface area contributed by atoms with Gasteiger partial charge >= 0.3 is 0 Å². The molecule has 1 aliphatic rings. The molecule has 1 aromatic carbocycles. The first-order valence-electron chi connectivity index (χ1n) is 7.41. The maximum absolute atomic E-state index is 12.2. The van der Waals surface area contributed by atoms with E-state index in [1.54, 1.807) is 0 Å². The van der Waals surface area contributed by atoms with Crippen molar-refractivity contribution < 1.29 is 4.79 Å². The van der Waals surface area contributed by atoms with Crippen LogP contribution in [0.3, 0.4) is 0 Å². The minimum atomic E-state index is -0.104. The van der Waals surface area contributed by atoms with Crippen LogP contribution in [0.2, 0.25) is 0 Å². The fourth-order valence-electron chi connectivity index (χ4n) is 2.61. The summed E-state index contributed by atoms with van der Waals surface area (Å²) in [5.41, 5.74) is 1.42. The van der Waals surface area contributed by atoms with Crippen LogP contribution < -0.4 is 5.32 Å². The average molecular weight is 292 g/mol. The fourth-order valence-corrected chi connectivity index (χ4v) is 3.87. The number of nitrogens with zero attached hydrogens (tertiary/aromatic N) is 1. The summed E-state index contributed by atoms with van der Waals surface area (Å²) in [6.07, 6.45) is 0. The molecule has 2 rings (SSSR count). The molecule has 4 heteroatoms. The molecule has 1 heterocycles. The third kappa shape index (κ3) is 3.36. The number of carbonyl (C=O) groups is 1. The second kappa shape index (κ2) is 7.14. The summed E-state index contributed by atoms with van der Waals surface area (Å²) in [6, 6.07) is 8.48. The Labute approximate surface area is 126 Å². The molecule has 1 N–H and O–H groups in total. The maximum Gasteiger partial charge on any atom is 0.239 e. The highest BCUT2D eigenvalue weighted by molar-refractivity contribution is 7.99. The number of fused-ring (bicyclic) bond motifs is 1. The van der Waals surface area contributed by atoms with Gasteiger partial charge < -0.3 is 10.2 Å².